The molecule has 1 aromatic carbocycles. The Labute approximate surface area is 186 Å². The zero-order chi connectivity index (χ0) is 21.2. The van der Waals surface area contributed by atoms with E-state index in [1.165, 1.54) is 47.3 Å². The molecule has 2 aromatic rings. The molecule has 5 rings (SSSR count). The second-order valence-corrected chi connectivity index (χ2v) is 9.52. The van der Waals surface area contributed by atoms with E-state index in [9.17, 15) is 0 Å². The quantitative estimate of drug-likeness (QED) is 0.776. The summed E-state index contributed by atoms with van der Waals surface area (Å²) >= 11 is 0. The second-order valence-electron chi connectivity index (χ2n) is 9.52. The summed E-state index contributed by atoms with van der Waals surface area (Å²) in [4.78, 5) is 9.68. The van der Waals surface area contributed by atoms with E-state index >= 15 is 0 Å². The summed E-state index contributed by atoms with van der Waals surface area (Å²) in [5.74, 6) is 0. The van der Waals surface area contributed by atoms with Crippen molar-refractivity contribution in [3.8, 4) is 0 Å². The van der Waals surface area contributed by atoms with E-state index in [1.54, 1.807) is 0 Å². The van der Waals surface area contributed by atoms with Crippen LogP contribution in [0.4, 0.5) is 5.69 Å². The lowest BCUT2D eigenvalue weighted by molar-refractivity contribution is 0.178. The number of hydrogen-bond donors (Lipinski definition) is 2. The first-order valence-electron chi connectivity index (χ1n) is 11.9. The smallest absolute Gasteiger partial charge is 0.0607 e. The molecule has 2 aliphatic heterocycles. The molecule has 6 nitrogen and oxygen atoms in total. The zero-order valence-corrected chi connectivity index (χ0v) is 19.0. The number of rotatable bonds is 5. The number of piperazine rings is 1. The number of aryl methyl sites for hydroxylation is 1. The number of anilines is 1. The first-order valence-corrected chi connectivity index (χ1v) is 11.9. The lowest BCUT2D eigenvalue weighted by atomic mass is 9.90. The Morgan fingerprint density at radius 2 is 1.97 bits per heavy atom. The van der Waals surface area contributed by atoms with E-state index in [0.717, 1.165) is 45.7 Å². The van der Waals surface area contributed by atoms with Gasteiger partial charge in [-0.05, 0) is 68.6 Å². The summed E-state index contributed by atoms with van der Waals surface area (Å²) < 4.78 is 0. The number of likely N-dealkylation sites (N-methyl/N-ethyl adjacent to an activating group) is 2. The molecule has 0 spiro atoms. The van der Waals surface area contributed by atoms with Gasteiger partial charge in [-0.25, -0.2) is 5.01 Å². The highest BCUT2D eigenvalue weighted by Crippen LogP contribution is 2.33. The molecule has 31 heavy (non-hydrogen) atoms. The van der Waals surface area contributed by atoms with Crippen LogP contribution in [0.15, 0.2) is 36.5 Å². The number of fused-ring (bicyclic) bond motifs is 2. The highest BCUT2D eigenvalue weighted by atomic mass is 15.5. The number of hydrogen-bond acceptors (Lipinski definition) is 6. The highest BCUT2D eigenvalue weighted by Gasteiger charge is 2.28. The molecule has 0 amide bonds. The largest absolute Gasteiger partial charge is 0.318 e. The average Bonchev–Trinajstić information content (AvgIpc) is 2.80. The Kier molecular flexibility index (Phi) is 6.23. The van der Waals surface area contributed by atoms with Crippen molar-refractivity contribution in [2.75, 3.05) is 52.2 Å². The molecule has 6 heteroatoms. The molecule has 3 heterocycles. The lowest BCUT2D eigenvalue weighted by Gasteiger charge is -2.37. The number of hydrazine groups is 1. The lowest BCUT2D eigenvalue weighted by Crippen LogP contribution is -2.48. The maximum absolute atomic E-state index is 4.75. The maximum Gasteiger partial charge on any atom is 0.0607 e. The van der Waals surface area contributed by atoms with Crippen molar-refractivity contribution in [3.05, 3.63) is 58.9 Å². The molecule has 0 radical (unpaired) electrons. The fraction of sp³-hybridized carbons (Fsp3) is 0.560. The van der Waals surface area contributed by atoms with Crippen LogP contribution in [0.2, 0.25) is 0 Å². The van der Waals surface area contributed by atoms with Gasteiger partial charge in [0.15, 0.2) is 0 Å². The normalized spacial score (nSPS) is 24.6. The first kappa shape index (κ1) is 20.9. The van der Waals surface area contributed by atoms with Gasteiger partial charge in [-0.1, -0.05) is 18.2 Å². The van der Waals surface area contributed by atoms with Crippen molar-refractivity contribution in [1.82, 2.24) is 25.1 Å². The van der Waals surface area contributed by atoms with Crippen molar-refractivity contribution in [2.45, 2.75) is 44.3 Å². The summed E-state index contributed by atoms with van der Waals surface area (Å²) in [6.45, 7) is 6.37. The molecule has 2 atom stereocenters. The molecule has 0 unspecified atom stereocenters. The Hall–Kier alpha value is -1.99. The number of benzene rings is 1. The summed E-state index contributed by atoms with van der Waals surface area (Å²) in [6.07, 6.45) is 6.66. The third kappa shape index (κ3) is 4.62. The molecule has 1 aliphatic carbocycles. The van der Waals surface area contributed by atoms with Gasteiger partial charge in [0, 0.05) is 51.5 Å². The first-order chi connectivity index (χ1) is 15.2. The van der Waals surface area contributed by atoms with Crippen molar-refractivity contribution in [3.63, 3.8) is 0 Å². The van der Waals surface area contributed by atoms with Crippen LogP contribution in [0.3, 0.4) is 0 Å². The van der Waals surface area contributed by atoms with Crippen molar-refractivity contribution >= 4 is 5.69 Å². The average molecular weight is 421 g/mol. The van der Waals surface area contributed by atoms with E-state index in [-0.39, 0.29) is 0 Å². The summed E-state index contributed by atoms with van der Waals surface area (Å²) in [7, 11) is 4.48. The van der Waals surface area contributed by atoms with E-state index in [4.69, 9.17) is 4.98 Å². The van der Waals surface area contributed by atoms with E-state index < -0.39 is 0 Å². The van der Waals surface area contributed by atoms with Gasteiger partial charge in [-0.15, -0.1) is 0 Å². The van der Waals surface area contributed by atoms with Gasteiger partial charge >= 0.3 is 0 Å². The molecule has 166 valence electrons. The molecule has 1 aromatic heterocycles. The summed E-state index contributed by atoms with van der Waals surface area (Å²) in [5.41, 5.74) is 10.7. The van der Waals surface area contributed by atoms with Crippen LogP contribution < -0.4 is 10.7 Å². The predicted octanol–water partition coefficient (Wildman–Crippen LogP) is 2.68. The molecular weight excluding hydrogens is 384 g/mol. The maximum atomic E-state index is 4.75. The van der Waals surface area contributed by atoms with Gasteiger partial charge < -0.3 is 15.6 Å². The van der Waals surface area contributed by atoms with Gasteiger partial charge in [0.05, 0.1) is 17.4 Å². The van der Waals surface area contributed by atoms with E-state index in [2.05, 4.69) is 70.0 Å². The van der Waals surface area contributed by atoms with Crippen molar-refractivity contribution in [1.29, 1.82) is 0 Å². The van der Waals surface area contributed by atoms with Gasteiger partial charge in [0.2, 0.25) is 0 Å². The minimum atomic E-state index is 0.437. The molecule has 0 saturated carbocycles. The van der Waals surface area contributed by atoms with Crippen LogP contribution in [-0.2, 0) is 19.4 Å². The number of nitrogens with zero attached hydrogens (tertiary/aromatic N) is 4. The number of pyridine rings is 1. The summed E-state index contributed by atoms with van der Waals surface area (Å²) in [6, 6.07) is 12.0. The monoisotopic (exact) mass is 420 g/mol. The minimum absolute atomic E-state index is 0.437. The Morgan fingerprint density at radius 1 is 1.13 bits per heavy atom. The topological polar surface area (TPSA) is 46.7 Å². The Balaban J connectivity index is 1.26. The number of nitrogens with one attached hydrogen (secondary N) is 2. The van der Waals surface area contributed by atoms with E-state index in [0.29, 0.717) is 12.1 Å². The third-order valence-electron chi connectivity index (χ3n) is 7.29. The molecular formula is C25H36N6. The molecule has 3 aliphatic rings. The third-order valence-corrected chi connectivity index (χ3v) is 7.29. The molecule has 2 N–H and O–H groups in total. The van der Waals surface area contributed by atoms with Crippen LogP contribution in [-0.4, -0.2) is 72.7 Å². The van der Waals surface area contributed by atoms with Crippen LogP contribution in [0, 0.1) is 0 Å². The van der Waals surface area contributed by atoms with E-state index in [1.807, 2.05) is 6.20 Å². The van der Waals surface area contributed by atoms with Crippen LogP contribution in [0.1, 0.15) is 41.3 Å². The number of aromatic nitrogens is 1. The van der Waals surface area contributed by atoms with Crippen LogP contribution >= 0.6 is 0 Å². The Bertz CT molecular complexity index is 891. The molecule has 0 bridgehead atoms. The highest BCUT2D eigenvalue weighted by molar-refractivity contribution is 5.55. The second kappa shape index (κ2) is 9.25. The fourth-order valence-electron chi connectivity index (χ4n) is 5.43. The van der Waals surface area contributed by atoms with Crippen molar-refractivity contribution < 1.29 is 0 Å². The van der Waals surface area contributed by atoms with Gasteiger partial charge in [-0.3, -0.25) is 9.88 Å². The molecule has 1 saturated heterocycles. The van der Waals surface area contributed by atoms with Crippen molar-refractivity contribution in [2.24, 2.45) is 0 Å². The summed E-state index contributed by atoms with van der Waals surface area (Å²) in [5, 5.41) is 6.17. The van der Waals surface area contributed by atoms with Gasteiger partial charge in [0.25, 0.3) is 0 Å². The van der Waals surface area contributed by atoms with Crippen LogP contribution in [0.25, 0.3) is 0 Å². The SMILES string of the molecule is CN1CCN(Nc2cccc3c2C[C@H](CN(C)[C@H]2CCCc4cccnc42)NC3)CC1. The molecule has 1 fully saturated rings. The van der Waals surface area contributed by atoms with Gasteiger partial charge in [-0.2, -0.15) is 0 Å². The predicted molar refractivity (Wildman–Crippen MR) is 126 cm³/mol. The Morgan fingerprint density at radius 3 is 2.84 bits per heavy atom. The fourth-order valence-corrected chi connectivity index (χ4v) is 5.43. The standard InChI is InChI=1S/C25H36N6/c1-29-12-14-31(15-13-29)28-23-9-3-7-20-17-27-21(16-22(20)23)18-30(2)24-10-4-6-19-8-5-11-26-25(19)24/h3,5,7-9,11,21,24,27-28H,4,6,10,12-18H2,1-2H3/t21-,24+/m1/s1. The zero-order valence-electron chi connectivity index (χ0n) is 19.0. The van der Waals surface area contributed by atoms with Gasteiger partial charge in [0.1, 0.15) is 0 Å². The minimum Gasteiger partial charge on any atom is -0.318 e. The van der Waals surface area contributed by atoms with Crippen LogP contribution in [0.5, 0.6) is 0 Å².